The van der Waals surface area contributed by atoms with Gasteiger partial charge < -0.3 is 20.1 Å². The highest BCUT2D eigenvalue weighted by Crippen LogP contribution is 2.30. The largest absolute Gasteiger partial charge is 0.573 e. The second-order valence-electron chi connectivity index (χ2n) is 5.07. The van der Waals surface area contributed by atoms with Crippen LogP contribution in [0.3, 0.4) is 0 Å². The molecule has 0 saturated carbocycles. The topological polar surface area (TPSA) is 78.9 Å². The molecule has 1 aliphatic heterocycles. The number of amides is 2. The van der Waals surface area contributed by atoms with Gasteiger partial charge in [0.1, 0.15) is 0 Å². The van der Waals surface area contributed by atoms with Crippen molar-refractivity contribution in [3.63, 3.8) is 0 Å². The number of alkyl halides is 3. The van der Waals surface area contributed by atoms with E-state index in [4.69, 9.17) is 5.11 Å². The predicted molar refractivity (Wildman–Crippen MR) is 74.1 cm³/mol. The first-order chi connectivity index (χ1) is 10.8. The van der Waals surface area contributed by atoms with E-state index in [1.54, 1.807) is 0 Å². The van der Waals surface area contributed by atoms with E-state index in [9.17, 15) is 22.8 Å². The van der Waals surface area contributed by atoms with E-state index in [1.165, 1.54) is 23.1 Å². The van der Waals surface area contributed by atoms with E-state index in [0.717, 1.165) is 6.07 Å². The zero-order valence-electron chi connectivity index (χ0n) is 12.0. The van der Waals surface area contributed by atoms with Crippen molar-refractivity contribution in [2.75, 3.05) is 18.4 Å². The molecule has 2 N–H and O–H groups in total. The fourth-order valence-electron chi connectivity index (χ4n) is 2.31. The number of hydrogen-bond acceptors (Lipinski definition) is 3. The van der Waals surface area contributed by atoms with E-state index >= 15 is 0 Å². The maximum atomic E-state index is 12.3. The number of hydrogen-bond donors (Lipinski definition) is 2. The summed E-state index contributed by atoms with van der Waals surface area (Å²) in [5.41, 5.74) is -0.102. The number of carboxylic acid groups (broad SMARTS) is 1. The lowest BCUT2D eigenvalue weighted by molar-refractivity contribution is -0.274. The number of ether oxygens (including phenoxy) is 1. The highest BCUT2D eigenvalue weighted by Gasteiger charge is 2.33. The number of anilines is 1. The molecular formula is C14H15F3N2O4. The van der Waals surface area contributed by atoms with Crippen LogP contribution in [0.4, 0.5) is 23.7 Å². The lowest BCUT2D eigenvalue weighted by atomic mass is 9.97. The van der Waals surface area contributed by atoms with Crippen LogP contribution < -0.4 is 10.1 Å². The van der Waals surface area contributed by atoms with Crippen molar-refractivity contribution in [2.45, 2.75) is 19.2 Å². The highest BCUT2D eigenvalue weighted by atomic mass is 19.4. The number of benzene rings is 1. The van der Waals surface area contributed by atoms with Gasteiger partial charge in [-0.25, -0.2) is 4.79 Å². The lowest BCUT2D eigenvalue weighted by Gasteiger charge is -2.30. The SMILES string of the molecule is O=C(O)C1CCN(C(=O)Nc2ccccc2OC(F)(F)F)CC1. The first kappa shape index (κ1) is 16.9. The molecule has 0 atom stereocenters. The molecule has 2 amide bonds. The Labute approximate surface area is 129 Å². The summed E-state index contributed by atoms with van der Waals surface area (Å²) in [6, 6.07) is 4.62. The number of urea groups is 1. The molecule has 0 unspecified atom stereocenters. The van der Waals surface area contributed by atoms with Crippen molar-refractivity contribution >= 4 is 17.7 Å². The summed E-state index contributed by atoms with van der Waals surface area (Å²) in [6.07, 6.45) is -4.24. The van der Waals surface area contributed by atoms with Gasteiger partial charge in [-0.15, -0.1) is 13.2 Å². The summed E-state index contributed by atoms with van der Waals surface area (Å²) < 4.78 is 40.9. The van der Waals surface area contributed by atoms with Crippen molar-refractivity contribution in [2.24, 2.45) is 5.92 Å². The summed E-state index contributed by atoms with van der Waals surface area (Å²) >= 11 is 0. The number of nitrogens with one attached hydrogen (secondary N) is 1. The summed E-state index contributed by atoms with van der Waals surface area (Å²) in [6.45, 7) is 0.455. The van der Waals surface area contributed by atoms with E-state index in [1.807, 2.05) is 0 Å². The lowest BCUT2D eigenvalue weighted by Crippen LogP contribution is -2.42. The normalized spacial score (nSPS) is 16.0. The molecule has 0 aromatic heterocycles. The molecule has 1 fully saturated rings. The quantitative estimate of drug-likeness (QED) is 0.892. The Kier molecular flexibility index (Phi) is 4.97. The van der Waals surface area contributed by atoms with Gasteiger partial charge in [0.25, 0.3) is 0 Å². The van der Waals surface area contributed by atoms with Gasteiger partial charge in [0.05, 0.1) is 11.6 Å². The van der Waals surface area contributed by atoms with Crippen LogP contribution in [0.15, 0.2) is 24.3 Å². The first-order valence-electron chi connectivity index (χ1n) is 6.90. The molecule has 1 heterocycles. The van der Waals surface area contributed by atoms with E-state index in [-0.39, 0.29) is 18.8 Å². The Hall–Kier alpha value is -2.45. The average molecular weight is 332 g/mol. The van der Waals surface area contributed by atoms with E-state index in [0.29, 0.717) is 12.8 Å². The molecule has 0 spiro atoms. The molecule has 0 bridgehead atoms. The fraction of sp³-hybridized carbons (Fsp3) is 0.429. The number of para-hydroxylation sites is 2. The van der Waals surface area contributed by atoms with Crippen LogP contribution in [-0.2, 0) is 4.79 Å². The maximum Gasteiger partial charge on any atom is 0.573 e. The van der Waals surface area contributed by atoms with Crippen LogP contribution in [-0.4, -0.2) is 41.5 Å². The molecular weight excluding hydrogens is 317 g/mol. The molecule has 1 aliphatic rings. The number of carbonyl (C=O) groups excluding carboxylic acids is 1. The van der Waals surface area contributed by atoms with Gasteiger partial charge in [-0.1, -0.05) is 12.1 Å². The van der Waals surface area contributed by atoms with Crippen molar-refractivity contribution in [1.29, 1.82) is 0 Å². The van der Waals surface area contributed by atoms with Crippen molar-refractivity contribution in [1.82, 2.24) is 4.90 Å². The number of likely N-dealkylation sites (tertiary alicyclic amines) is 1. The third-order valence-corrected chi connectivity index (χ3v) is 3.49. The van der Waals surface area contributed by atoms with Gasteiger partial charge in [0.15, 0.2) is 5.75 Å². The van der Waals surface area contributed by atoms with Gasteiger partial charge >= 0.3 is 18.4 Å². The van der Waals surface area contributed by atoms with E-state index < -0.39 is 30.0 Å². The number of piperidine rings is 1. The van der Waals surface area contributed by atoms with Crippen LogP contribution >= 0.6 is 0 Å². The Morgan fingerprint density at radius 3 is 2.39 bits per heavy atom. The second kappa shape index (κ2) is 6.76. The molecule has 9 heteroatoms. The predicted octanol–water partition coefficient (Wildman–Crippen LogP) is 2.91. The van der Waals surface area contributed by atoms with E-state index in [2.05, 4.69) is 10.1 Å². The van der Waals surface area contributed by atoms with Crippen molar-refractivity contribution < 1.29 is 32.6 Å². The molecule has 2 rings (SSSR count). The van der Waals surface area contributed by atoms with Gasteiger partial charge in [-0.2, -0.15) is 0 Å². The summed E-state index contributed by atoms with van der Waals surface area (Å²) in [5.74, 6) is -1.91. The Morgan fingerprint density at radius 1 is 1.22 bits per heavy atom. The Morgan fingerprint density at radius 2 is 1.83 bits per heavy atom. The summed E-state index contributed by atoms with van der Waals surface area (Å²) in [5, 5.41) is 11.3. The van der Waals surface area contributed by atoms with Crippen molar-refractivity contribution in [3.05, 3.63) is 24.3 Å². The minimum absolute atomic E-state index is 0.102. The maximum absolute atomic E-state index is 12.3. The number of aliphatic carboxylic acids is 1. The van der Waals surface area contributed by atoms with Gasteiger partial charge in [0.2, 0.25) is 0 Å². The molecule has 1 saturated heterocycles. The summed E-state index contributed by atoms with van der Waals surface area (Å²) in [7, 11) is 0. The van der Waals surface area contributed by atoms with Crippen LogP contribution in [0.25, 0.3) is 0 Å². The Bertz CT molecular complexity index is 584. The number of rotatable bonds is 3. The smallest absolute Gasteiger partial charge is 0.481 e. The highest BCUT2D eigenvalue weighted by molar-refractivity contribution is 5.91. The minimum Gasteiger partial charge on any atom is -0.481 e. The number of halogens is 3. The third-order valence-electron chi connectivity index (χ3n) is 3.49. The zero-order chi connectivity index (χ0) is 17.0. The molecule has 0 aliphatic carbocycles. The molecule has 6 nitrogen and oxygen atoms in total. The molecule has 126 valence electrons. The van der Waals surface area contributed by atoms with Crippen LogP contribution in [0, 0.1) is 5.92 Å². The molecule has 1 aromatic rings. The van der Waals surface area contributed by atoms with Crippen LogP contribution in [0.1, 0.15) is 12.8 Å². The molecule has 23 heavy (non-hydrogen) atoms. The van der Waals surface area contributed by atoms with Gasteiger partial charge in [0, 0.05) is 13.1 Å². The van der Waals surface area contributed by atoms with Crippen LogP contribution in [0.2, 0.25) is 0 Å². The second-order valence-corrected chi connectivity index (χ2v) is 5.07. The zero-order valence-corrected chi connectivity index (χ0v) is 12.0. The average Bonchev–Trinajstić information content (AvgIpc) is 2.48. The number of carbonyl (C=O) groups is 2. The monoisotopic (exact) mass is 332 g/mol. The van der Waals surface area contributed by atoms with Gasteiger partial charge in [-0.05, 0) is 25.0 Å². The third kappa shape index (κ3) is 4.76. The number of nitrogens with zero attached hydrogens (tertiary/aromatic N) is 1. The van der Waals surface area contributed by atoms with Crippen LogP contribution in [0.5, 0.6) is 5.75 Å². The molecule has 1 aromatic carbocycles. The Balaban J connectivity index is 2.00. The molecule has 0 radical (unpaired) electrons. The van der Waals surface area contributed by atoms with Gasteiger partial charge in [-0.3, -0.25) is 4.79 Å². The first-order valence-corrected chi connectivity index (χ1v) is 6.90. The number of carboxylic acids is 1. The minimum atomic E-state index is -4.86. The summed E-state index contributed by atoms with van der Waals surface area (Å²) in [4.78, 5) is 24.3. The standard InChI is InChI=1S/C14H15F3N2O4/c15-14(16,17)23-11-4-2-1-3-10(11)18-13(22)19-7-5-9(6-8-19)12(20)21/h1-4,9H,5-8H2,(H,18,22)(H,20,21). The fourth-order valence-corrected chi connectivity index (χ4v) is 2.31. The van der Waals surface area contributed by atoms with Crippen molar-refractivity contribution in [3.8, 4) is 5.75 Å².